The number of amides is 1. The number of esters is 1. The van der Waals surface area contributed by atoms with Crippen LogP contribution in [0.15, 0.2) is 24.3 Å². The zero-order valence-electron chi connectivity index (χ0n) is 14.3. The second kappa shape index (κ2) is 7.21. The van der Waals surface area contributed by atoms with Gasteiger partial charge in [-0.2, -0.15) is 15.0 Å². The molecule has 0 aliphatic carbocycles. The molecular formula is C16H18N6O4. The van der Waals surface area contributed by atoms with Gasteiger partial charge in [-0.1, -0.05) is 12.1 Å². The third kappa shape index (κ3) is 3.97. The Morgan fingerprint density at radius 2 is 2.08 bits per heavy atom. The zero-order chi connectivity index (χ0) is 18.7. The van der Waals surface area contributed by atoms with Gasteiger partial charge >= 0.3 is 5.97 Å². The van der Waals surface area contributed by atoms with Crippen LogP contribution >= 0.6 is 0 Å². The molecule has 3 N–H and O–H groups in total. The summed E-state index contributed by atoms with van der Waals surface area (Å²) in [5.74, 6) is 0.0889. The average molecular weight is 358 g/mol. The maximum atomic E-state index is 12.1. The molecule has 2 heterocycles. The summed E-state index contributed by atoms with van der Waals surface area (Å²) in [6.07, 6.45) is -1.19. The largest absolute Gasteiger partial charge is 0.478 e. The quantitative estimate of drug-likeness (QED) is 0.726. The van der Waals surface area contributed by atoms with Crippen molar-refractivity contribution in [2.75, 3.05) is 30.0 Å². The van der Waals surface area contributed by atoms with Crippen LogP contribution in [0, 0.1) is 0 Å². The van der Waals surface area contributed by atoms with E-state index in [-0.39, 0.29) is 24.8 Å². The lowest BCUT2D eigenvalue weighted by atomic mass is 10.1. The maximum absolute atomic E-state index is 12.1. The van der Waals surface area contributed by atoms with Gasteiger partial charge in [0.2, 0.25) is 11.9 Å². The van der Waals surface area contributed by atoms with E-state index in [1.807, 2.05) is 0 Å². The van der Waals surface area contributed by atoms with Crippen molar-refractivity contribution in [3.63, 3.8) is 0 Å². The number of carbonyl (C=O) groups is 2. The van der Waals surface area contributed by atoms with E-state index in [1.165, 1.54) is 0 Å². The van der Waals surface area contributed by atoms with Crippen LogP contribution in [-0.4, -0.2) is 47.0 Å². The van der Waals surface area contributed by atoms with E-state index in [4.69, 9.17) is 15.2 Å². The van der Waals surface area contributed by atoms with Gasteiger partial charge in [0.05, 0.1) is 12.1 Å². The first-order chi connectivity index (χ1) is 12.4. The first-order valence-electron chi connectivity index (χ1n) is 7.82. The number of anilines is 3. The molecule has 0 saturated heterocycles. The first-order valence-corrected chi connectivity index (χ1v) is 7.82. The summed E-state index contributed by atoms with van der Waals surface area (Å²) in [4.78, 5) is 37.7. The average Bonchev–Trinajstić information content (AvgIpc) is 2.60. The Morgan fingerprint density at radius 1 is 1.31 bits per heavy atom. The molecule has 1 aromatic carbocycles. The van der Waals surface area contributed by atoms with Crippen LogP contribution in [-0.2, 0) is 20.9 Å². The highest BCUT2D eigenvalue weighted by atomic mass is 16.5. The number of nitrogens with zero attached hydrogens (tertiary/aromatic N) is 4. The van der Waals surface area contributed by atoms with Crippen LogP contribution in [0.25, 0.3) is 0 Å². The molecule has 10 nitrogen and oxygen atoms in total. The molecule has 1 amide bonds. The van der Waals surface area contributed by atoms with E-state index in [0.29, 0.717) is 17.4 Å². The lowest BCUT2D eigenvalue weighted by Crippen LogP contribution is -2.38. The minimum absolute atomic E-state index is 0.0290. The van der Waals surface area contributed by atoms with Crippen LogP contribution in [0.5, 0.6) is 5.75 Å². The number of para-hydroxylation sites is 2. The van der Waals surface area contributed by atoms with Crippen molar-refractivity contribution < 1.29 is 19.1 Å². The van der Waals surface area contributed by atoms with Gasteiger partial charge in [0.25, 0.3) is 5.91 Å². The molecule has 0 spiro atoms. The summed E-state index contributed by atoms with van der Waals surface area (Å²) < 4.78 is 10.7. The Balaban J connectivity index is 1.59. The minimum Gasteiger partial charge on any atom is -0.478 e. The van der Waals surface area contributed by atoms with Crippen molar-refractivity contribution in [1.29, 1.82) is 0 Å². The van der Waals surface area contributed by atoms with Gasteiger partial charge in [0, 0.05) is 14.1 Å². The molecule has 26 heavy (non-hydrogen) atoms. The van der Waals surface area contributed by atoms with Crippen LogP contribution in [0.1, 0.15) is 12.2 Å². The van der Waals surface area contributed by atoms with Crippen LogP contribution in [0.3, 0.4) is 0 Å². The fraction of sp³-hybridized carbons (Fsp3) is 0.312. The zero-order valence-corrected chi connectivity index (χ0v) is 14.3. The van der Waals surface area contributed by atoms with Gasteiger partial charge in [-0.05, 0) is 12.1 Å². The van der Waals surface area contributed by atoms with E-state index in [9.17, 15) is 9.59 Å². The maximum Gasteiger partial charge on any atom is 0.310 e. The number of benzene rings is 1. The third-order valence-electron chi connectivity index (χ3n) is 3.51. The van der Waals surface area contributed by atoms with Gasteiger partial charge < -0.3 is 25.4 Å². The Hall–Kier alpha value is -3.43. The Kier molecular flexibility index (Phi) is 4.83. The molecule has 1 aliphatic rings. The van der Waals surface area contributed by atoms with E-state index in [0.717, 1.165) is 0 Å². The molecule has 2 aromatic rings. The summed E-state index contributed by atoms with van der Waals surface area (Å²) in [5, 5.41) is 2.69. The number of rotatable bonds is 5. The molecule has 0 unspecified atom stereocenters. The van der Waals surface area contributed by atoms with Crippen molar-refractivity contribution in [3.05, 3.63) is 30.1 Å². The van der Waals surface area contributed by atoms with E-state index in [1.54, 1.807) is 43.3 Å². The van der Waals surface area contributed by atoms with Gasteiger partial charge in [-0.25, -0.2) is 0 Å². The van der Waals surface area contributed by atoms with Gasteiger partial charge in [0.1, 0.15) is 5.75 Å². The number of nitrogens with one attached hydrogen (secondary N) is 1. The van der Waals surface area contributed by atoms with E-state index in [2.05, 4.69) is 20.3 Å². The fourth-order valence-corrected chi connectivity index (χ4v) is 2.27. The molecule has 136 valence electrons. The number of nitrogens with two attached hydrogens (primary N) is 1. The smallest absolute Gasteiger partial charge is 0.310 e. The molecule has 0 saturated carbocycles. The van der Waals surface area contributed by atoms with Gasteiger partial charge in [-0.15, -0.1) is 0 Å². The standard InChI is InChI=1S/C16H18N6O4/c1-22(2)16-20-12(19-15(17)21-16)8-25-13(23)7-11-14(24)18-9-5-3-4-6-10(9)26-11/h3-6,11H,7-8H2,1-2H3,(H,18,24)(H2,17,19,20,21)/t11-/m1/s1. The topological polar surface area (TPSA) is 133 Å². The van der Waals surface area contributed by atoms with E-state index < -0.39 is 18.0 Å². The fourth-order valence-electron chi connectivity index (χ4n) is 2.27. The SMILES string of the molecule is CN(C)c1nc(N)nc(COC(=O)C[C@H]2Oc3ccccc3NC2=O)n1. The lowest BCUT2D eigenvalue weighted by molar-refractivity contribution is -0.149. The van der Waals surface area contributed by atoms with Crippen LogP contribution < -0.4 is 20.7 Å². The number of ether oxygens (including phenoxy) is 2. The first kappa shape index (κ1) is 17.4. The highest BCUT2D eigenvalue weighted by molar-refractivity contribution is 5.99. The van der Waals surface area contributed by atoms with Crippen molar-refractivity contribution in [3.8, 4) is 5.75 Å². The molecule has 0 fully saturated rings. The number of fused-ring (bicyclic) bond motifs is 1. The molecule has 1 aliphatic heterocycles. The minimum atomic E-state index is -0.960. The molecular weight excluding hydrogens is 340 g/mol. The van der Waals surface area contributed by atoms with Crippen molar-refractivity contribution in [1.82, 2.24) is 15.0 Å². The van der Waals surface area contributed by atoms with E-state index >= 15 is 0 Å². The highest BCUT2D eigenvalue weighted by Gasteiger charge is 2.30. The molecule has 10 heteroatoms. The Morgan fingerprint density at radius 3 is 2.85 bits per heavy atom. The molecule has 3 rings (SSSR count). The predicted molar refractivity (Wildman–Crippen MR) is 92.5 cm³/mol. The number of aromatic nitrogens is 3. The Labute approximate surface area is 149 Å². The molecule has 1 atom stereocenters. The number of nitrogen functional groups attached to an aromatic ring is 1. The highest BCUT2D eigenvalue weighted by Crippen LogP contribution is 2.29. The second-order valence-corrected chi connectivity index (χ2v) is 5.76. The summed E-state index contributed by atoms with van der Waals surface area (Å²) in [7, 11) is 3.50. The lowest BCUT2D eigenvalue weighted by Gasteiger charge is -2.25. The summed E-state index contributed by atoms with van der Waals surface area (Å²) in [6, 6.07) is 6.98. The van der Waals surface area contributed by atoms with Crippen LogP contribution in [0.2, 0.25) is 0 Å². The third-order valence-corrected chi connectivity index (χ3v) is 3.51. The Bertz CT molecular complexity index is 841. The summed E-state index contributed by atoms with van der Waals surface area (Å²) in [5.41, 5.74) is 6.18. The molecule has 0 radical (unpaired) electrons. The summed E-state index contributed by atoms with van der Waals surface area (Å²) >= 11 is 0. The predicted octanol–water partition coefficient (Wildman–Crippen LogP) is 0.353. The molecule has 1 aromatic heterocycles. The van der Waals surface area contributed by atoms with Crippen molar-refractivity contribution >= 4 is 29.5 Å². The van der Waals surface area contributed by atoms with Crippen molar-refractivity contribution in [2.24, 2.45) is 0 Å². The van der Waals surface area contributed by atoms with Crippen LogP contribution in [0.4, 0.5) is 17.6 Å². The monoisotopic (exact) mass is 358 g/mol. The number of hydrogen-bond donors (Lipinski definition) is 2. The number of carbonyl (C=O) groups excluding carboxylic acids is 2. The van der Waals surface area contributed by atoms with Crippen molar-refractivity contribution in [2.45, 2.75) is 19.1 Å². The number of hydrogen-bond acceptors (Lipinski definition) is 9. The molecule has 0 bridgehead atoms. The summed E-state index contributed by atoms with van der Waals surface area (Å²) in [6.45, 7) is -0.183. The second-order valence-electron chi connectivity index (χ2n) is 5.76. The van der Waals surface area contributed by atoms with Gasteiger partial charge in [-0.3, -0.25) is 9.59 Å². The normalized spacial score (nSPS) is 15.5. The van der Waals surface area contributed by atoms with Gasteiger partial charge in [0.15, 0.2) is 18.5 Å².